The van der Waals surface area contributed by atoms with Gasteiger partial charge in [-0.15, -0.1) is 10.2 Å². The van der Waals surface area contributed by atoms with Gasteiger partial charge in [-0.05, 0) is 42.5 Å². The van der Waals surface area contributed by atoms with Gasteiger partial charge in [-0.1, -0.05) is 35.3 Å². The Morgan fingerprint density at radius 1 is 1.00 bits per heavy atom. The van der Waals surface area contributed by atoms with E-state index in [4.69, 9.17) is 27.9 Å². The van der Waals surface area contributed by atoms with Crippen molar-refractivity contribution in [3.8, 4) is 5.75 Å². The highest BCUT2D eigenvalue weighted by Crippen LogP contribution is 2.25. The van der Waals surface area contributed by atoms with Gasteiger partial charge < -0.3 is 15.4 Å². The molecule has 2 aromatic carbocycles. The molecule has 0 spiro atoms. The summed E-state index contributed by atoms with van der Waals surface area (Å²) in [6.07, 6.45) is 0. The molecule has 0 bridgehead atoms. The molecule has 0 fully saturated rings. The molecule has 1 amide bonds. The van der Waals surface area contributed by atoms with Crippen molar-refractivity contribution in [2.45, 2.75) is 0 Å². The number of benzene rings is 2. The lowest BCUT2D eigenvalue weighted by Crippen LogP contribution is -2.15. The lowest BCUT2D eigenvalue weighted by Gasteiger charge is -2.10. The molecule has 132 valence electrons. The fourth-order valence-electron chi connectivity index (χ4n) is 2.23. The van der Waals surface area contributed by atoms with Gasteiger partial charge in [0.05, 0.1) is 12.8 Å². The summed E-state index contributed by atoms with van der Waals surface area (Å²) < 4.78 is 5.20. The van der Waals surface area contributed by atoms with Gasteiger partial charge in [0.25, 0.3) is 5.91 Å². The Morgan fingerprint density at radius 3 is 2.38 bits per heavy atom. The standard InChI is InChI=1S/C18H14Cl2N4O2/c1-26-16-5-3-2-4-14(16)22-18(25)15-6-7-17(24-23-15)21-13-9-11(19)8-12(20)10-13/h2-10H,1H3,(H,21,24)(H,22,25). The predicted molar refractivity (Wildman–Crippen MR) is 103 cm³/mol. The number of amides is 1. The van der Waals surface area contributed by atoms with E-state index < -0.39 is 0 Å². The lowest BCUT2D eigenvalue weighted by atomic mass is 10.2. The number of aromatic nitrogens is 2. The summed E-state index contributed by atoms with van der Waals surface area (Å²) in [4.78, 5) is 12.3. The average molecular weight is 389 g/mol. The highest BCUT2D eigenvalue weighted by molar-refractivity contribution is 6.35. The van der Waals surface area contributed by atoms with Crippen molar-refractivity contribution in [3.63, 3.8) is 0 Å². The van der Waals surface area contributed by atoms with Gasteiger partial charge in [0, 0.05) is 15.7 Å². The monoisotopic (exact) mass is 388 g/mol. The summed E-state index contributed by atoms with van der Waals surface area (Å²) in [7, 11) is 1.54. The van der Waals surface area contributed by atoms with E-state index in [1.807, 2.05) is 6.07 Å². The summed E-state index contributed by atoms with van der Waals surface area (Å²) in [6.45, 7) is 0. The molecule has 0 aliphatic rings. The maximum absolute atomic E-state index is 12.3. The first kappa shape index (κ1) is 18.0. The van der Waals surface area contributed by atoms with E-state index in [1.54, 1.807) is 48.5 Å². The van der Waals surface area contributed by atoms with Crippen LogP contribution in [-0.4, -0.2) is 23.2 Å². The number of carbonyl (C=O) groups excluding carboxylic acids is 1. The number of ether oxygens (including phenoxy) is 1. The first-order valence-corrected chi connectivity index (χ1v) is 8.32. The number of nitrogens with zero attached hydrogens (tertiary/aromatic N) is 2. The van der Waals surface area contributed by atoms with E-state index >= 15 is 0 Å². The Kier molecular flexibility index (Phi) is 5.55. The first-order chi connectivity index (χ1) is 12.5. The van der Waals surface area contributed by atoms with Gasteiger partial charge in [0.2, 0.25) is 0 Å². The van der Waals surface area contributed by atoms with Crippen LogP contribution in [0.2, 0.25) is 10.0 Å². The van der Waals surface area contributed by atoms with Crippen LogP contribution in [0.15, 0.2) is 54.6 Å². The molecule has 0 unspecified atom stereocenters. The highest BCUT2D eigenvalue weighted by atomic mass is 35.5. The molecular formula is C18H14Cl2N4O2. The molecule has 2 N–H and O–H groups in total. The van der Waals surface area contributed by atoms with Crippen LogP contribution in [0.4, 0.5) is 17.2 Å². The topological polar surface area (TPSA) is 76.1 Å². The van der Waals surface area contributed by atoms with Crippen LogP contribution in [0, 0.1) is 0 Å². The summed E-state index contributed by atoms with van der Waals surface area (Å²) in [5.74, 6) is 0.626. The second-order valence-electron chi connectivity index (χ2n) is 5.24. The minimum atomic E-state index is -0.389. The van der Waals surface area contributed by atoms with Gasteiger partial charge >= 0.3 is 0 Å². The number of methoxy groups -OCH3 is 1. The second kappa shape index (κ2) is 8.03. The van der Waals surface area contributed by atoms with Crippen molar-refractivity contribution in [1.29, 1.82) is 0 Å². The third-order valence-electron chi connectivity index (χ3n) is 3.39. The smallest absolute Gasteiger partial charge is 0.276 e. The third-order valence-corrected chi connectivity index (χ3v) is 3.82. The Morgan fingerprint density at radius 2 is 1.73 bits per heavy atom. The molecule has 3 rings (SSSR count). The minimum absolute atomic E-state index is 0.172. The molecule has 26 heavy (non-hydrogen) atoms. The van der Waals surface area contributed by atoms with Crippen molar-refractivity contribution in [1.82, 2.24) is 10.2 Å². The predicted octanol–water partition coefficient (Wildman–Crippen LogP) is 4.79. The fraction of sp³-hybridized carbons (Fsp3) is 0.0556. The molecule has 0 atom stereocenters. The van der Waals surface area contributed by atoms with Crippen molar-refractivity contribution >= 4 is 46.3 Å². The SMILES string of the molecule is COc1ccccc1NC(=O)c1ccc(Nc2cc(Cl)cc(Cl)c2)nn1. The summed E-state index contributed by atoms with van der Waals surface area (Å²) >= 11 is 11.9. The van der Waals surface area contributed by atoms with Crippen LogP contribution in [0.5, 0.6) is 5.75 Å². The van der Waals surface area contributed by atoms with Crippen LogP contribution in [0.3, 0.4) is 0 Å². The van der Waals surface area contributed by atoms with E-state index in [1.165, 1.54) is 7.11 Å². The van der Waals surface area contributed by atoms with Gasteiger partial charge in [-0.25, -0.2) is 0 Å². The molecule has 0 saturated heterocycles. The maximum Gasteiger partial charge on any atom is 0.276 e. The molecule has 0 radical (unpaired) electrons. The van der Waals surface area contributed by atoms with Crippen molar-refractivity contribution < 1.29 is 9.53 Å². The largest absolute Gasteiger partial charge is 0.495 e. The van der Waals surface area contributed by atoms with Crippen molar-refractivity contribution in [2.75, 3.05) is 17.7 Å². The zero-order valence-corrected chi connectivity index (χ0v) is 15.2. The summed E-state index contributed by atoms with van der Waals surface area (Å²) in [5, 5.41) is 14.7. The summed E-state index contributed by atoms with van der Waals surface area (Å²) in [5.41, 5.74) is 1.39. The fourth-order valence-corrected chi connectivity index (χ4v) is 2.75. The molecule has 6 nitrogen and oxygen atoms in total. The number of para-hydroxylation sites is 2. The second-order valence-corrected chi connectivity index (χ2v) is 6.11. The number of nitrogens with one attached hydrogen (secondary N) is 2. The number of carbonyl (C=O) groups is 1. The third kappa shape index (κ3) is 4.41. The van der Waals surface area contributed by atoms with Gasteiger partial charge in [-0.2, -0.15) is 0 Å². The van der Waals surface area contributed by atoms with Gasteiger partial charge in [-0.3, -0.25) is 4.79 Å². The van der Waals surface area contributed by atoms with Crippen molar-refractivity contribution in [3.05, 3.63) is 70.3 Å². The van der Waals surface area contributed by atoms with E-state index in [0.29, 0.717) is 33.0 Å². The molecule has 1 aromatic heterocycles. The maximum atomic E-state index is 12.3. The van der Waals surface area contributed by atoms with Crippen LogP contribution >= 0.6 is 23.2 Å². The minimum Gasteiger partial charge on any atom is -0.495 e. The Hall–Kier alpha value is -2.83. The molecule has 8 heteroatoms. The van der Waals surface area contributed by atoms with E-state index in [0.717, 1.165) is 0 Å². The van der Waals surface area contributed by atoms with Crippen LogP contribution in [0.25, 0.3) is 0 Å². The molecule has 0 aliphatic heterocycles. The van der Waals surface area contributed by atoms with Gasteiger partial charge in [0.1, 0.15) is 5.75 Å². The normalized spacial score (nSPS) is 10.3. The molecule has 1 heterocycles. The van der Waals surface area contributed by atoms with E-state index in [9.17, 15) is 4.79 Å². The quantitative estimate of drug-likeness (QED) is 0.656. The average Bonchev–Trinajstić information content (AvgIpc) is 2.62. The number of anilines is 3. The molecule has 0 saturated carbocycles. The lowest BCUT2D eigenvalue weighted by molar-refractivity contribution is 0.102. The van der Waals surface area contributed by atoms with Crippen LogP contribution in [0.1, 0.15) is 10.5 Å². The van der Waals surface area contributed by atoms with Crippen LogP contribution in [-0.2, 0) is 0 Å². The Bertz CT molecular complexity index is 912. The first-order valence-electron chi connectivity index (χ1n) is 7.56. The Labute approximate surface area is 160 Å². The van der Waals surface area contributed by atoms with E-state index in [-0.39, 0.29) is 11.6 Å². The number of rotatable bonds is 5. The van der Waals surface area contributed by atoms with E-state index in [2.05, 4.69) is 20.8 Å². The number of halogens is 2. The molecule has 0 aliphatic carbocycles. The zero-order valence-electron chi connectivity index (χ0n) is 13.7. The Balaban J connectivity index is 1.71. The number of hydrogen-bond donors (Lipinski definition) is 2. The zero-order chi connectivity index (χ0) is 18.5. The van der Waals surface area contributed by atoms with Gasteiger partial charge in [0.15, 0.2) is 11.5 Å². The van der Waals surface area contributed by atoms with Crippen molar-refractivity contribution in [2.24, 2.45) is 0 Å². The van der Waals surface area contributed by atoms with Crippen LogP contribution < -0.4 is 15.4 Å². The summed E-state index contributed by atoms with van der Waals surface area (Å²) in [6, 6.07) is 15.3. The molecule has 3 aromatic rings. The highest BCUT2D eigenvalue weighted by Gasteiger charge is 2.11. The molecular weight excluding hydrogens is 375 g/mol. The number of hydrogen-bond acceptors (Lipinski definition) is 5.